The third-order valence-electron chi connectivity index (χ3n) is 5.39. The van der Waals surface area contributed by atoms with Crippen LogP contribution in [0.3, 0.4) is 0 Å². The summed E-state index contributed by atoms with van der Waals surface area (Å²) in [7, 11) is 0. The Morgan fingerprint density at radius 1 is 1.09 bits per heavy atom. The second-order valence-electron chi connectivity index (χ2n) is 7.46. The molecule has 172 valence electrons. The van der Waals surface area contributed by atoms with Crippen molar-refractivity contribution >= 4 is 40.4 Å². The van der Waals surface area contributed by atoms with Crippen molar-refractivity contribution in [3.63, 3.8) is 0 Å². The molecule has 3 aromatic carbocycles. The summed E-state index contributed by atoms with van der Waals surface area (Å²) in [6.07, 6.45) is 0. The molecule has 1 atom stereocenters. The maximum absolute atomic E-state index is 13.1. The smallest absolute Gasteiger partial charge is 0.300 e. The summed E-state index contributed by atoms with van der Waals surface area (Å²) >= 11 is 6.14. The van der Waals surface area contributed by atoms with Crippen LogP contribution in [0.15, 0.2) is 78.4 Å². The lowest BCUT2D eigenvalue weighted by atomic mass is 9.95. The molecule has 1 unspecified atom stereocenters. The predicted octanol–water partition coefficient (Wildman–Crippen LogP) is 5.27. The van der Waals surface area contributed by atoms with E-state index in [0.717, 1.165) is 0 Å². The lowest BCUT2D eigenvalue weighted by Crippen LogP contribution is -2.29. The van der Waals surface area contributed by atoms with Crippen molar-refractivity contribution in [2.75, 3.05) is 11.5 Å². The summed E-state index contributed by atoms with van der Waals surface area (Å²) in [5.74, 6) is -1.53. The van der Waals surface area contributed by atoms with Gasteiger partial charge in [-0.1, -0.05) is 29.8 Å². The Morgan fingerprint density at radius 3 is 2.35 bits per heavy atom. The molecule has 0 spiro atoms. The average Bonchev–Trinajstić information content (AvgIpc) is 3.10. The number of aliphatic hydroxyl groups excluding tert-OH is 1. The first kappa shape index (κ1) is 23.0. The number of ether oxygens (including phenoxy) is 1. The van der Waals surface area contributed by atoms with Crippen molar-refractivity contribution in [1.82, 2.24) is 0 Å². The van der Waals surface area contributed by atoms with Crippen LogP contribution in [-0.4, -0.2) is 28.3 Å². The van der Waals surface area contributed by atoms with Gasteiger partial charge in [0.2, 0.25) is 0 Å². The molecule has 0 aromatic heterocycles. The summed E-state index contributed by atoms with van der Waals surface area (Å²) in [5.41, 5.74) is 0.815. The molecular formula is C25H19ClN2O6. The van der Waals surface area contributed by atoms with Gasteiger partial charge in [0.05, 0.1) is 23.1 Å². The molecule has 1 aliphatic rings. The SMILES string of the molecule is CCOc1ccc(C2/C(=C(\O)c3ccc([N+](=O)[O-])cc3)C(=O)C(=O)N2c2cccc(Cl)c2)cc1. The first-order chi connectivity index (χ1) is 16.3. The van der Waals surface area contributed by atoms with Gasteiger partial charge in [0.25, 0.3) is 17.4 Å². The number of benzene rings is 3. The van der Waals surface area contributed by atoms with E-state index in [9.17, 15) is 24.8 Å². The van der Waals surface area contributed by atoms with Crippen molar-refractivity contribution in [2.45, 2.75) is 13.0 Å². The summed E-state index contributed by atoms with van der Waals surface area (Å²) in [5, 5.41) is 22.4. The van der Waals surface area contributed by atoms with Crippen LogP contribution in [0.2, 0.25) is 5.02 Å². The molecule has 0 bridgehead atoms. The standard InChI is InChI=1S/C25H19ClN2O6/c1-2-34-20-12-8-15(9-13-20)22-21(23(29)16-6-10-18(11-7-16)28(32)33)24(30)25(31)27(22)19-5-3-4-17(26)14-19/h3-14,22,29H,2H2,1H3/b23-21+. The molecule has 0 saturated carbocycles. The minimum Gasteiger partial charge on any atom is -0.507 e. The number of nitrogens with zero attached hydrogens (tertiary/aromatic N) is 2. The highest BCUT2D eigenvalue weighted by molar-refractivity contribution is 6.51. The summed E-state index contributed by atoms with van der Waals surface area (Å²) in [4.78, 5) is 38.0. The molecule has 1 N–H and O–H groups in total. The molecule has 1 heterocycles. The average molecular weight is 479 g/mol. The van der Waals surface area contributed by atoms with E-state index in [1.54, 1.807) is 48.5 Å². The Hall–Kier alpha value is -4.17. The number of aliphatic hydroxyl groups is 1. The third kappa shape index (κ3) is 4.23. The monoisotopic (exact) mass is 478 g/mol. The van der Waals surface area contributed by atoms with Gasteiger partial charge in [0, 0.05) is 28.4 Å². The highest BCUT2D eigenvalue weighted by Gasteiger charge is 2.47. The molecule has 4 rings (SSSR count). The van der Waals surface area contributed by atoms with Crippen LogP contribution < -0.4 is 9.64 Å². The van der Waals surface area contributed by atoms with Crippen molar-refractivity contribution in [3.05, 3.63) is 105 Å². The van der Waals surface area contributed by atoms with E-state index in [0.29, 0.717) is 28.6 Å². The van der Waals surface area contributed by atoms with Crippen LogP contribution in [0.5, 0.6) is 5.75 Å². The molecule has 0 aliphatic carbocycles. The van der Waals surface area contributed by atoms with Gasteiger partial charge in [0.1, 0.15) is 11.5 Å². The molecule has 1 amide bonds. The molecule has 1 saturated heterocycles. The number of nitro groups is 1. The Labute approximate surface area is 199 Å². The van der Waals surface area contributed by atoms with Gasteiger partial charge in [-0.2, -0.15) is 0 Å². The highest BCUT2D eigenvalue weighted by Crippen LogP contribution is 2.43. The van der Waals surface area contributed by atoms with E-state index in [1.807, 2.05) is 6.92 Å². The van der Waals surface area contributed by atoms with Gasteiger partial charge in [0.15, 0.2) is 0 Å². The van der Waals surface area contributed by atoms with Crippen LogP contribution in [0.25, 0.3) is 5.76 Å². The summed E-state index contributed by atoms with van der Waals surface area (Å²) in [6, 6.07) is 17.5. The van der Waals surface area contributed by atoms with Gasteiger partial charge in [-0.25, -0.2) is 0 Å². The van der Waals surface area contributed by atoms with E-state index in [-0.39, 0.29) is 16.8 Å². The summed E-state index contributed by atoms with van der Waals surface area (Å²) < 4.78 is 5.49. The number of non-ortho nitro benzene ring substituents is 1. The third-order valence-corrected chi connectivity index (χ3v) is 5.62. The van der Waals surface area contributed by atoms with Crippen molar-refractivity contribution < 1.29 is 24.4 Å². The quantitative estimate of drug-likeness (QED) is 0.170. The lowest BCUT2D eigenvalue weighted by molar-refractivity contribution is -0.384. The zero-order chi connectivity index (χ0) is 24.4. The van der Waals surface area contributed by atoms with Gasteiger partial charge in [-0.05, 0) is 55.0 Å². The predicted molar refractivity (Wildman–Crippen MR) is 127 cm³/mol. The van der Waals surface area contributed by atoms with Gasteiger partial charge in [-0.15, -0.1) is 0 Å². The number of halogens is 1. The van der Waals surface area contributed by atoms with Crippen molar-refractivity contribution in [3.8, 4) is 5.75 Å². The molecule has 1 fully saturated rings. The Balaban J connectivity index is 1.89. The number of Topliss-reactive ketones (excluding diaryl/α,β-unsaturated/α-hetero) is 1. The maximum atomic E-state index is 13.1. The Bertz CT molecular complexity index is 1300. The van der Waals surface area contributed by atoms with Crippen LogP contribution in [0.4, 0.5) is 11.4 Å². The second kappa shape index (κ2) is 9.36. The van der Waals surface area contributed by atoms with E-state index in [1.165, 1.54) is 29.2 Å². The van der Waals surface area contributed by atoms with Gasteiger partial charge >= 0.3 is 0 Å². The van der Waals surface area contributed by atoms with Crippen molar-refractivity contribution in [1.29, 1.82) is 0 Å². The van der Waals surface area contributed by atoms with Gasteiger partial charge in [-0.3, -0.25) is 24.6 Å². The topological polar surface area (TPSA) is 110 Å². The number of hydrogen-bond donors (Lipinski definition) is 1. The Kier molecular flexibility index (Phi) is 6.34. The molecule has 0 radical (unpaired) electrons. The molecule has 34 heavy (non-hydrogen) atoms. The normalized spacial score (nSPS) is 17.1. The molecule has 8 nitrogen and oxygen atoms in total. The number of carbonyl (C=O) groups excluding carboxylic acids is 2. The molecule has 9 heteroatoms. The molecular weight excluding hydrogens is 460 g/mol. The van der Waals surface area contributed by atoms with Crippen LogP contribution in [0, 0.1) is 10.1 Å². The number of hydrogen-bond acceptors (Lipinski definition) is 6. The number of carbonyl (C=O) groups is 2. The number of amides is 1. The van der Waals surface area contributed by atoms with Crippen LogP contribution in [0.1, 0.15) is 24.1 Å². The Morgan fingerprint density at radius 2 is 1.76 bits per heavy atom. The fourth-order valence-electron chi connectivity index (χ4n) is 3.85. The maximum Gasteiger partial charge on any atom is 0.300 e. The largest absolute Gasteiger partial charge is 0.507 e. The minimum absolute atomic E-state index is 0.136. The number of ketones is 1. The number of anilines is 1. The lowest BCUT2D eigenvalue weighted by Gasteiger charge is -2.25. The molecule has 3 aromatic rings. The van der Waals surface area contributed by atoms with E-state index in [2.05, 4.69) is 0 Å². The number of rotatable bonds is 6. The van der Waals surface area contributed by atoms with E-state index < -0.39 is 28.4 Å². The van der Waals surface area contributed by atoms with Crippen LogP contribution >= 0.6 is 11.6 Å². The fourth-order valence-corrected chi connectivity index (χ4v) is 4.03. The fraction of sp³-hybridized carbons (Fsp3) is 0.120. The second-order valence-corrected chi connectivity index (χ2v) is 7.89. The van der Waals surface area contributed by atoms with Gasteiger partial charge < -0.3 is 9.84 Å². The zero-order valence-electron chi connectivity index (χ0n) is 18.0. The first-order valence-corrected chi connectivity index (χ1v) is 10.7. The van der Waals surface area contributed by atoms with Crippen LogP contribution in [-0.2, 0) is 9.59 Å². The molecule has 1 aliphatic heterocycles. The summed E-state index contributed by atoms with van der Waals surface area (Å²) in [6.45, 7) is 2.33. The minimum atomic E-state index is -0.954. The highest BCUT2D eigenvalue weighted by atomic mass is 35.5. The number of nitro benzene ring substituents is 1. The first-order valence-electron chi connectivity index (χ1n) is 10.4. The zero-order valence-corrected chi connectivity index (χ0v) is 18.7. The van der Waals surface area contributed by atoms with E-state index >= 15 is 0 Å². The van der Waals surface area contributed by atoms with Crippen molar-refractivity contribution in [2.24, 2.45) is 0 Å². The van der Waals surface area contributed by atoms with E-state index in [4.69, 9.17) is 16.3 Å².